The zero-order chi connectivity index (χ0) is 9.42. The van der Waals surface area contributed by atoms with Gasteiger partial charge in [-0.25, -0.2) is 9.18 Å². The van der Waals surface area contributed by atoms with E-state index >= 15 is 0 Å². The molecule has 2 aromatic rings. The second-order valence-electron chi connectivity index (χ2n) is 2.48. The Bertz CT molecular complexity index is 480. The topological polar surface area (TPSA) is 50.2 Å². The van der Waals surface area contributed by atoms with Gasteiger partial charge in [-0.3, -0.25) is 0 Å². The minimum absolute atomic E-state index is 0.0139. The lowest BCUT2D eigenvalue weighted by Gasteiger charge is -1.89. The van der Waals surface area contributed by atoms with Crippen LogP contribution in [0.15, 0.2) is 18.2 Å². The van der Waals surface area contributed by atoms with Crippen molar-refractivity contribution >= 4 is 27.6 Å². The highest BCUT2D eigenvalue weighted by Gasteiger charge is 2.12. The zero-order valence-corrected chi connectivity index (χ0v) is 7.14. The van der Waals surface area contributed by atoms with Crippen LogP contribution in [0.3, 0.4) is 0 Å². The third-order valence-corrected chi connectivity index (χ3v) is 2.44. The molecule has 0 aliphatic carbocycles. The molecule has 5 heteroatoms. The van der Waals surface area contributed by atoms with Crippen molar-refractivity contribution in [1.82, 2.24) is 4.37 Å². The Hall–Kier alpha value is -1.49. The molecule has 1 heterocycles. The normalized spacial score (nSPS) is 10.5. The second kappa shape index (κ2) is 2.77. The number of carbonyl (C=O) groups is 1. The third kappa shape index (κ3) is 1.27. The number of aromatic carboxylic acids is 1. The monoisotopic (exact) mass is 197 g/mol. The smallest absolute Gasteiger partial charge is 0.356 e. The highest BCUT2D eigenvalue weighted by Crippen LogP contribution is 2.23. The predicted molar refractivity (Wildman–Crippen MR) is 46.5 cm³/mol. The standard InChI is InChI=1S/C8H4FNO2S/c9-4-1-2-5-6(3-4)13-10-7(5)8(11)12/h1-3H,(H,11,12). The second-order valence-corrected chi connectivity index (χ2v) is 3.28. The fraction of sp³-hybridized carbons (Fsp3) is 0. The van der Waals surface area contributed by atoms with Crippen LogP contribution < -0.4 is 0 Å². The number of halogens is 1. The summed E-state index contributed by atoms with van der Waals surface area (Å²) in [6, 6.07) is 3.93. The van der Waals surface area contributed by atoms with E-state index in [1.54, 1.807) is 0 Å². The average Bonchev–Trinajstić information content (AvgIpc) is 2.46. The molecule has 66 valence electrons. The number of hydrogen-bond acceptors (Lipinski definition) is 3. The molecule has 0 fully saturated rings. The van der Waals surface area contributed by atoms with Gasteiger partial charge in [0.1, 0.15) is 5.82 Å². The van der Waals surface area contributed by atoms with Gasteiger partial charge in [0.05, 0.1) is 4.70 Å². The SMILES string of the molecule is O=C(O)c1nsc2cc(F)ccc12. The van der Waals surface area contributed by atoms with Gasteiger partial charge in [-0.05, 0) is 29.7 Å². The number of nitrogens with zero attached hydrogens (tertiary/aromatic N) is 1. The fourth-order valence-corrected chi connectivity index (χ4v) is 1.86. The quantitative estimate of drug-likeness (QED) is 0.761. The molecule has 13 heavy (non-hydrogen) atoms. The van der Waals surface area contributed by atoms with Crippen LogP contribution in [0, 0.1) is 5.82 Å². The summed E-state index contributed by atoms with van der Waals surface area (Å²) in [5.74, 6) is -1.47. The van der Waals surface area contributed by atoms with Crippen molar-refractivity contribution < 1.29 is 14.3 Å². The summed E-state index contributed by atoms with van der Waals surface area (Å²) in [4.78, 5) is 10.6. The zero-order valence-electron chi connectivity index (χ0n) is 6.32. The van der Waals surface area contributed by atoms with Gasteiger partial charge in [0.2, 0.25) is 0 Å². The van der Waals surface area contributed by atoms with Crippen LogP contribution >= 0.6 is 11.5 Å². The van der Waals surface area contributed by atoms with Crippen LogP contribution in [-0.4, -0.2) is 15.4 Å². The molecule has 0 amide bonds. The molecule has 1 N–H and O–H groups in total. The van der Waals surface area contributed by atoms with Crippen LogP contribution in [-0.2, 0) is 0 Å². The molecular weight excluding hydrogens is 193 g/mol. The Kier molecular flexibility index (Phi) is 1.73. The lowest BCUT2D eigenvalue weighted by molar-refractivity contribution is 0.0694. The molecule has 0 unspecified atom stereocenters. The largest absolute Gasteiger partial charge is 0.476 e. The van der Waals surface area contributed by atoms with E-state index in [0.717, 1.165) is 11.5 Å². The van der Waals surface area contributed by atoms with Gasteiger partial charge in [0.15, 0.2) is 5.69 Å². The molecule has 0 saturated heterocycles. The first-order valence-electron chi connectivity index (χ1n) is 3.47. The van der Waals surface area contributed by atoms with Crippen molar-refractivity contribution in [2.75, 3.05) is 0 Å². The Balaban J connectivity index is 2.76. The van der Waals surface area contributed by atoms with Gasteiger partial charge in [-0.15, -0.1) is 0 Å². The molecule has 0 aliphatic heterocycles. The molecule has 1 aromatic heterocycles. The minimum atomic E-state index is -1.09. The molecular formula is C8H4FNO2S. The van der Waals surface area contributed by atoms with Crippen molar-refractivity contribution in [3.63, 3.8) is 0 Å². The third-order valence-electron chi connectivity index (χ3n) is 1.64. The van der Waals surface area contributed by atoms with Gasteiger partial charge in [0.25, 0.3) is 0 Å². The Morgan fingerprint density at radius 1 is 1.54 bits per heavy atom. The first kappa shape index (κ1) is 8.12. The maximum Gasteiger partial charge on any atom is 0.356 e. The number of fused-ring (bicyclic) bond motifs is 1. The van der Waals surface area contributed by atoms with Crippen molar-refractivity contribution in [2.24, 2.45) is 0 Å². The minimum Gasteiger partial charge on any atom is -0.476 e. The lowest BCUT2D eigenvalue weighted by atomic mass is 10.2. The van der Waals surface area contributed by atoms with E-state index in [-0.39, 0.29) is 11.5 Å². The number of carboxylic acids is 1. The van der Waals surface area contributed by atoms with Crippen LogP contribution in [0.2, 0.25) is 0 Å². The maximum absolute atomic E-state index is 12.7. The molecule has 0 bridgehead atoms. The predicted octanol–water partition coefficient (Wildman–Crippen LogP) is 2.13. The molecule has 0 aliphatic rings. The molecule has 0 spiro atoms. The summed E-state index contributed by atoms with van der Waals surface area (Å²) >= 11 is 0.986. The van der Waals surface area contributed by atoms with Gasteiger partial charge >= 0.3 is 5.97 Å². The Labute approximate surface area is 76.6 Å². The average molecular weight is 197 g/mol. The Morgan fingerprint density at radius 2 is 2.31 bits per heavy atom. The van der Waals surface area contributed by atoms with Crippen molar-refractivity contribution in [2.45, 2.75) is 0 Å². The van der Waals surface area contributed by atoms with E-state index in [9.17, 15) is 9.18 Å². The van der Waals surface area contributed by atoms with Gasteiger partial charge in [-0.2, -0.15) is 4.37 Å². The van der Waals surface area contributed by atoms with E-state index < -0.39 is 5.97 Å². The van der Waals surface area contributed by atoms with Crippen LogP contribution in [0.4, 0.5) is 4.39 Å². The van der Waals surface area contributed by atoms with E-state index in [1.165, 1.54) is 18.2 Å². The summed E-state index contributed by atoms with van der Waals surface area (Å²) in [7, 11) is 0. The summed E-state index contributed by atoms with van der Waals surface area (Å²) < 4.78 is 16.9. The molecule has 0 atom stereocenters. The summed E-state index contributed by atoms with van der Waals surface area (Å²) in [5.41, 5.74) is -0.0139. The van der Waals surface area contributed by atoms with E-state index in [2.05, 4.69) is 4.37 Å². The molecule has 0 radical (unpaired) electrons. The Morgan fingerprint density at radius 3 is 3.00 bits per heavy atom. The maximum atomic E-state index is 12.7. The number of benzene rings is 1. The number of carboxylic acid groups (broad SMARTS) is 1. The highest BCUT2D eigenvalue weighted by atomic mass is 32.1. The van der Waals surface area contributed by atoms with Crippen LogP contribution in [0.25, 0.3) is 10.1 Å². The van der Waals surface area contributed by atoms with Crippen LogP contribution in [0.1, 0.15) is 10.5 Å². The molecule has 2 rings (SSSR count). The first-order chi connectivity index (χ1) is 6.18. The first-order valence-corrected chi connectivity index (χ1v) is 4.24. The van der Waals surface area contributed by atoms with Crippen molar-refractivity contribution in [3.8, 4) is 0 Å². The molecule has 3 nitrogen and oxygen atoms in total. The molecule has 1 aromatic carbocycles. The number of hydrogen-bond donors (Lipinski definition) is 1. The van der Waals surface area contributed by atoms with E-state index in [4.69, 9.17) is 5.11 Å². The van der Waals surface area contributed by atoms with Gasteiger partial charge in [-0.1, -0.05) is 0 Å². The summed E-state index contributed by atoms with van der Waals surface area (Å²) in [5, 5.41) is 9.18. The van der Waals surface area contributed by atoms with E-state index in [0.29, 0.717) is 10.1 Å². The summed E-state index contributed by atoms with van der Waals surface area (Å²) in [6.45, 7) is 0. The fourth-order valence-electron chi connectivity index (χ4n) is 1.07. The number of aromatic nitrogens is 1. The molecule has 0 saturated carbocycles. The summed E-state index contributed by atoms with van der Waals surface area (Å²) in [6.07, 6.45) is 0. The highest BCUT2D eigenvalue weighted by molar-refractivity contribution is 7.13. The lowest BCUT2D eigenvalue weighted by Crippen LogP contribution is -1.95. The van der Waals surface area contributed by atoms with Crippen LogP contribution in [0.5, 0.6) is 0 Å². The van der Waals surface area contributed by atoms with Crippen molar-refractivity contribution in [1.29, 1.82) is 0 Å². The van der Waals surface area contributed by atoms with Crippen molar-refractivity contribution in [3.05, 3.63) is 29.7 Å². The van der Waals surface area contributed by atoms with Gasteiger partial charge < -0.3 is 5.11 Å². The van der Waals surface area contributed by atoms with E-state index in [1.807, 2.05) is 0 Å². The number of rotatable bonds is 1. The van der Waals surface area contributed by atoms with Gasteiger partial charge in [0, 0.05) is 5.39 Å².